The van der Waals surface area contributed by atoms with Crippen molar-refractivity contribution in [2.75, 3.05) is 20.2 Å². The molecule has 1 saturated heterocycles. The molecule has 0 aromatic carbocycles. The second-order valence-electron chi connectivity index (χ2n) is 4.16. The first-order chi connectivity index (χ1) is 8.96. The van der Waals surface area contributed by atoms with Gasteiger partial charge in [-0.15, -0.1) is 11.3 Å². The zero-order valence-corrected chi connectivity index (χ0v) is 11.9. The topological polar surface area (TPSA) is 96.8 Å². The quantitative estimate of drug-likeness (QED) is 0.877. The van der Waals surface area contributed by atoms with Crippen LogP contribution in [0, 0.1) is 0 Å². The number of hydrogen-bond acceptors (Lipinski definition) is 6. The van der Waals surface area contributed by atoms with E-state index in [0.29, 0.717) is 13.0 Å². The van der Waals surface area contributed by atoms with Crippen molar-refractivity contribution < 1.29 is 23.1 Å². The Hall–Kier alpha value is -1.03. The van der Waals surface area contributed by atoms with Gasteiger partial charge in [0.15, 0.2) is 9.90 Å². The van der Waals surface area contributed by atoms with Gasteiger partial charge in [-0.2, -0.15) is 4.31 Å². The lowest BCUT2D eigenvalue weighted by Gasteiger charge is -2.30. The highest BCUT2D eigenvalue weighted by Gasteiger charge is 2.34. The number of aromatic carboxylic acids is 1. The molecule has 7 nitrogen and oxygen atoms in total. The lowest BCUT2D eigenvalue weighted by molar-refractivity contribution is 0.0571. The maximum atomic E-state index is 12.4. The van der Waals surface area contributed by atoms with Crippen molar-refractivity contribution in [3.05, 3.63) is 11.2 Å². The fourth-order valence-corrected chi connectivity index (χ4v) is 4.78. The van der Waals surface area contributed by atoms with E-state index in [1.807, 2.05) is 0 Å². The SMILES string of the molecule is COC1CCCN(S(=O)(=O)c2scnc2C(=O)O)C1. The maximum Gasteiger partial charge on any atom is 0.356 e. The molecule has 0 bridgehead atoms. The Bertz CT molecular complexity index is 568. The summed E-state index contributed by atoms with van der Waals surface area (Å²) >= 11 is 0.825. The molecule has 0 aliphatic carbocycles. The molecular formula is C10H14N2O5S2. The highest BCUT2D eigenvalue weighted by atomic mass is 32.2. The van der Waals surface area contributed by atoms with Crippen LogP contribution in [0.5, 0.6) is 0 Å². The van der Waals surface area contributed by atoms with E-state index in [2.05, 4.69) is 4.98 Å². The van der Waals surface area contributed by atoms with Gasteiger partial charge in [0, 0.05) is 20.2 Å². The molecule has 2 rings (SSSR count). The van der Waals surface area contributed by atoms with Crippen LogP contribution < -0.4 is 0 Å². The summed E-state index contributed by atoms with van der Waals surface area (Å²) in [6, 6.07) is 0. The van der Waals surface area contributed by atoms with Crippen LogP contribution in [0.1, 0.15) is 23.3 Å². The van der Waals surface area contributed by atoms with Gasteiger partial charge in [-0.05, 0) is 12.8 Å². The predicted molar refractivity (Wildman–Crippen MR) is 67.9 cm³/mol. The van der Waals surface area contributed by atoms with Crippen molar-refractivity contribution in [3.8, 4) is 0 Å². The molecule has 1 unspecified atom stereocenters. The fourth-order valence-electron chi connectivity index (χ4n) is 1.99. The third-order valence-electron chi connectivity index (χ3n) is 2.99. The summed E-state index contributed by atoms with van der Waals surface area (Å²) in [7, 11) is -2.27. The Morgan fingerprint density at radius 2 is 2.37 bits per heavy atom. The zero-order chi connectivity index (χ0) is 14.0. The number of carboxylic acid groups (broad SMARTS) is 1. The molecule has 0 saturated carbocycles. The van der Waals surface area contributed by atoms with Crippen LogP contribution in [0.15, 0.2) is 9.72 Å². The number of carbonyl (C=O) groups is 1. The minimum atomic E-state index is -3.81. The highest BCUT2D eigenvalue weighted by molar-refractivity contribution is 7.91. The molecule has 1 aromatic heterocycles. The van der Waals surface area contributed by atoms with Crippen LogP contribution in [0.2, 0.25) is 0 Å². The Morgan fingerprint density at radius 1 is 1.63 bits per heavy atom. The average molecular weight is 306 g/mol. The number of rotatable bonds is 4. The van der Waals surface area contributed by atoms with Crippen LogP contribution in [0.4, 0.5) is 0 Å². The van der Waals surface area contributed by atoms with Gasteiger partial charge in [0.2, 0.25) is 0 Å². The Morgan fingerprint density at radius 3 is 3.00 bits per heavy atom. The lowest BCUT2D eigenvalue weighted by atomic mass is 10.1. The van der Waals surface area contributed by atoms with Crippen LogP contribution >= 0.6 is 11.3 Å². The lowest BCUT2D eigenvalue weighted by Crippen LogP contribution is -2.42. The first-order valence-corrected chi connectivity index (χ1v) is 7.98. The molecule has 1 atom stereocenters. The van der Waals surface area contributed by atoms with E-state index in [9.17, 15) is 13.2 Å². The van der Waals surface area contributed by atoms with E-state index in [4.69, 9.17) is 9.84 Å². The molecule has 1 fully saturated rings. The molecule has 0 amide bonds. The van der Waals surface area contributed by atoms with Gasteiger partial charge in [-0.25, -0.2) is 18.2 Å². The summed E-state index contributed by atoms with van der Waals surface area (Å²) in [5.74, 6) is -1.33. The maximum absolute atomic E-state index is 12.4. The van der Waals surface area contributed by atoms with E-state index in [-0.39, 0.29) is 16.9 Å². The number of nitrogens with zero attached hydrogens (tertiary/aromatic N) is 2. The molecule has 2 heterocycles. The summed E-state index contributed by atoms with van der Waals surface area (Å²) in [6.07, 6.45) is 1.35. The molecule has 1 aromatic rings. The van der Waals surface area contributed by atoms with Crippen LogP contribution in [0.3, 0.4) is 0 Å². The fraction of sp³-hybridized carbons (Fsp3) is 0.600. The first kappa shape index (κ1) is 14.4. The molecule has 1 aliphatic rings. The summed E-state index contributed by atoms with van der Waals surface area (Å²) < 4.78 is 31.1. The Kier molecular flexibility index (Phi) is 4.19. The normalized spacial score (nSPS) is 21.4. The minimum Gasteiger partial charge on any atom is -0.476 e. The van der Waals surface area contributed by atoms with Crippen molar-refractivity contribution in [2.45, 2.75) is 23.2 Å². The summed E-state index contributed by atoms with van der Waals surface area (Å²) in [6.45, 7) is 0.620. The molecule has 1 aliphatic heterocycles. The van der Waals surface area contributed by atoms with Crippen molar-refractivity contribution in [3.63, 3.8) is 0 Å². The van der Waals surface area contributed by atoms with Gasteiger partial charge in [0.05, 0.1) is 11.6 Å². The summed E-state index contributed by atoms with van der Waals surface area (Å²) in [5, 5.41) is 8.95. The van der Waals surface area contributed by atoms with Gasteiger partial charge >= 0.3 is 5.97 Å². The number of hydrogen-bond donors (Lipinski definition) is 1. The number of carboxylic acids is 1. The Balaban J connectivity index is 2.31. The first-order valence-electron chi connectivity index (χ1n) is 5.66. The molecule has 0 spiro atoms. The van der Waals surface area contributed by atoms with Crippen LogP contribution in [0.25, 0.3) is 0 Å². The number of ether oxygens (including phenoxy) is 1. The van der Waals surface area contributed by atoms with Crippen molar-refractivity contribution in [1.82, 2.24) is 9.29 Å². The van der Waals surface area contributed by atoms with Gasteiger partial charge in [-0.3, -0.25) is 0 Å². The highest BCUT2D eigenvalue weighted by Crippen LogP contribution is 2.27. The van der Waals surface area contributed by atoms with Gasteiger partial charge in [0.25, 0.3) is 10.0 Å². The number of piperidine rings is 1. The van der Waals surface area contributed by atoms with E-state index in [0.717, 1.165) is 17.8 Å². The zero-order valence-electron chi connectivity index (χ0n) is 10.3. The number of aromatic nitrogens is 1. The van der Waals surface area contributed by atoms with E-state index >= 15 is 0 Å². The second-order valence-corrected chi connectivity index (χ2v) is 7.14. The number of sulfonamides is 1. The number of methoxy groups -OCH3 is 1. The van der Waals surface area contributed by atoms with Crippen molar-refractivity contribution in [2.24, 2.45) is 0 Å². The van der Waals surface area contributed by atoms with Gasteiger partial charge in [0.1, 0.15) is 0 Å². The van der Waals surface area contributed by atoms with E-state index in [1.54, 1.807) is 0 Å². The molecule has 0 radical (unpaired) electrons. The molecule has 106 valence electrons. The molecule has 19 heavy (non-hydrogen) atoms. The molecular weight excluding hydrogens is 292 g/mol. The Labute approximate surface area is 114 Å². The van der Waals surface area contributed by atoms with Gasteiger partial charge in [-0.1, -0.05) is 0 Å². The molecule has 1 N–H and O–H groups in total. The summed E-state index contributed by atoms with van der Waals surface area (Å²) in [5.41, 5.74) is 0.818. The predicted octanol–water partition coefficient (Wildman–Crippen LogP) is 0.641. The minimum absolute atomic E-state index is 0.148. The van der Waals surface area contributed by atoms with E-state index in [1.165, 1.54) is 16.9 Å². The van der Waals surface area contributed by atoms with Crippen LogP contribution in [-0.2, 0) is 14.8 Å². The molecule has 9 heteroatoms. The van der Waals surface area contributed by atoms with Gasteiger partial charge < -0.3 is 9.84 Å². The monoisotopic (exact) mass is 306 g/mol. The smallest absolute Gasteiger partial charge is 0.356 e. The third kappa shape index (κ3) is 2.78. The second kappa shape index (κ2) is 5.53. The van der Waals surface area contributed by atoms with E-state index < -0.39 is 21.7 Å². The third-order valence-corrected chi connectivity index (χ3v) is 6.20. The summed E-state index contributed by atoms with van der Waals surface area (Å²) in [4.78, 5) is 14.6. The average Bonchev–Trinajstić information content (AvgIpc) is 2.89. The van der Waals surface area contributed by atoms with Crippen molar-refractivity contribution in [1.29, 1.82) is 0 Å². The number of thiazole rings is 1. The van der Waals surface area contributed by atoms with Crippen LogP contribution in [-0.4, -0.2) is 55.1 Å². The standard InChI is InChI=1S/C10H14N2O5S2/c1-17-7-3-2-4-12(5-7)19(15,16)10-8(9(13)14)11-6-18-10/h6-7H,2-5H2,1H3,(H,13,14). The van der Waals surface area contributed by atoms with Crippen molar-refractivity contribution >= 4 is 27.3 Å². The largest absolute Gasteiger partial charge is 0.476 e.